The van der Waals surface area contributed by atoms with Crippen LogP contribution in [0.3, 0.4) is 0 Å². The summed E-state index contributed by atoms with van der Waals surface area (Å²) in [6.45, 7) is 2.26. The number of aryl methyl sites for hydroxylation is 1. The number of ether oxygens (including phenoxy) is 1. The summed E-state index contributed by atoms with van der Waals surface area (Å²) in [5.41, 5.74) is 2.25. The van der Waals surface area contributed by atoms with Crippen LogP contribution < -0.4 is 4.74 Å². The van der Waals surface area contributed by atoms with E-state index in [4.69, 9.17) is 4.74 Å². The van der Waals surface area contributed by atoms with E-state index in [1.165, 1.54) is 69.8 Å². The van der Waals surface area contributed by atoms with Crippen molar-refractivity contribution in [3.05, 3.63) is 65.2 Å². The Labute approximate surface area is 175 Å². The maximum Gasteiger partial charge on any atom is 0.343 e. The van der Waals surface area contributed by atoms with Gasteiger partial charge in [-0.05, 0) is 42.7 Å². The monoisotopic (exact) mass is 394 g/mol. The molecule has 0 bridgehead atoms. The predicted molar refractivity (Wildman–Crippen MR) is 119 cm³/mol. The van der Waals surface area contributed by atoms with Gasteiger partial charge in [-0.3, -0.25) is 4.79 Å². The number of benzene rings is 2. The summed E-state index contributed by atoms with van der Waals surface area (Å²) >= 11 is 0. The Balaban J connectivity index is 1.61. The Morgan fingerprint density at radius 1 is 0.759 bits per heavy atom. The second-order valence-corrected chi connectivity index (χ2v) is 7.71. The molecular formula is C26H34O3. The van der Waals surface area contributed by atoms with Gasteiger partial charge in [-0.1, -0.05) is 89.0 Å². The minimum atomic E-state index is -0.412. The third-order valence-corrected chi connectivity index (χ3v) is 5.24. The van der Waals surface area contributed by atoms with Gasteiger partial charge in [0.2, 0.25) is 0 Å². The molecule has 0 aliphatic rings. The fourth-order valence-corrected chi connectivity index (χ4v) is 3.40. The topological polar surface area (TPSA) is 43.4 Å². The van der Waals surface area contributed by atoms with Crippen molar-refractivity contribution in [2.24, 2.45) is 0 Å². The first-order chi connectivity index (χ1) is 14.2. The van der Waals surface area contributed by atoms with Gasteiger partial charge in [0.05, 0.1) is 5.56 Å². The number of rotatable bonds is 14. The Morgan fingerprint density at radius 3 is 1.86 bits per heavy atom. The van der Waals surface area contributed by atoms with Crippen molar-refractivity contribution in [2.45, 2.75) is 77.6 Å². The van der Waals surface area contributed by atoms with Gasteiger partial charge in [-0.25, -0.2) is 4.79 Å². The molecule has 29 heavy (non-hydrogen) atoms. The van der Waals surface area contributed by atoms with E-state index in [1.807, 2.05) is 24.3 Å². The molecule has 0 aliphatic carbocycles. The van der Waals surface area contributed by atoms with E-state index in [2.05, 4.69) is 6.92 Å². The first-order valence-corrected chi connectivity index (χ1v) is 11.1. The number of unbranched alkanes of at least 4 members (excludes halogenated alkanes) is 9. The Bertz CT molecular complexity index is 717. The van der Waals surface area contributed by atoms with Crippen molar-refractivity contribution < 1.29 is 14.3 Å². The van der Waals surface area contributed by atoms with Crippen molar-refractivity contribution in [3.63, 3.8) is 0 Å². The summed E-state index contributed by atoms with van der Waals surface area (Å²) < 4.78 is 5.41. The third kappa shape index (κ3) is 9.08. The van der Waals surface area contributed by atoms with Gasteiger partial charge in [0.1, 0.15) is 12.0 Å². The van der Waals surface area contributed by atoms with Gasteiger partial charge in [0.25, 0.3) is 0 Å². The molecule has 0 aliphatic heterocycles. The molecule has 0 fully saturated rings. The van der Waals surface area contributed by atoms with E-state index in [9.17, 15) is 9.59 Å². The van der Waals surface area contributed by atoms with Gasteiger partial charge in [0.15, 0.2) is 0 Å². The lowest BCUT2D eigenvalue weighted by Crippen LogP contribution is -2.08. The molecule has 2 aromatic rings. The van der Waals surface area contributed by atoms with E-state index in [-0.39, 0.29) is 0 Å². The first kappa shape index (κ1) is 22.9. The quantitative estimate of drug-likeness (QED) is 0.147. The average molecular weight is 395 g/mol. The van der Waals surface area contributed by atoms with Crippen LogP contribution in [0.2, 0.25) is 0 Å². The second-order valence-electron chi connectivity index (χ2n) is 7.71. The van der Waals surface area contributed by atoms with Crippen LogP contribution in [0.5, 0.6) is 5.75 Å². The van der Waals surface area contributed by atoms with Gasteiger partial charge in [-0.2, -0.15) is 0 Å². The molecule has 0 N–H and O–H groups in total. The van der Waals surface area contributed by atoms with E-state index >= 15 is 0 Å². The molecule has 0 unspecified atom stereocenters. The Morgan fingerprint density at radius 2 is 1.31 bits per heavy atom. The van der Waals surface area contributed by atoms with E-state index < -0.39 is 5.97 Å². The Kier molecular flexibility index (Phi) is 10.8. The molecule has 0 atom stereocenters. The number of aldehydes is 1. The molecule has 0 saturated heterocycles. The van der Waals surface area contributed by atoms with Crippen LogP contribution in [0.25, 0.3) is 0 Å². The van der Waals surface area contributed by atoms with Crippen LogP contribution in [-0.4, -0.2) is 12.3 Å². The summed E-state index contributed by atoms with van der Waals surface area (Å²) in [7, 11) is 0. The molecule has 3 heteroatoms. The number of carbonyl (C=O) groups is 2. The van der Waals surface area contributed by atoms with Crippen molar-refractivity contribution in [1.82, 2.24) is 0 Å². The highest BCUT2D eigenvalue weighted by atomic mass is 16.5. The van der Waals surface area contributed by atoms with Crippen LogP contribution >= 0.6 is 0 Å². The fourth-order valence-electron chi connectivity index (χ4n) is 3.40. The van der Waals surface area contributed by atoms with Crippen LogP contribution in [-0.2, 0) is 6.42 Å². The van der Waals surface area contributed by atoms with Crippen LogP contribution in [0.4, 0.5) is 0 Å². The maximum atomic E-state index is 12.2. The zero-order valence-corrected chi connectivity index (χ0v) is 17.7. The zero-order valence-electron chi connectivity index (χ0n) is 17.7. The van der Waals surface area contributed by atoms with Gasteiger partial charge in [0, 0.05) is 5.56 Å². The molecule has 0 radical (unpaired) electrons. The minimum Gasteiger partial charge on any atom is -0.423 e. The van der Waals surface area contributed by atoms with E-state index in [0.717, 1.165) is 12.7 Å². The summed E-state index contributed by atoms with van der Waals surface area (Å²) in [5.74, 6) is 0.131. The smallest absolute Gasteiger partial charge is 0.343 e. The molecular weight excluding hydrogens is 360 g/mol. The number of hydrogen-bond acceptors (Lipinski definition) is 3. The summed E-state index contributed by atoms with van der Waals surface area (Å²) in [6.07, 6.45) is 15.3. The standard InChI is InChI=1S/C26H34O3/c1-2-3-4-5-6-7-8-9-10-11-12-22-15-19-25(20-16-22)29-26(28)24-17-13-23(21-27)14-18-24/h13-21H,2-12H2,1H3. The largest absolute Gasteiger partial charge is 0.423 e. The normalized spacial score (nSPS) is 10.7. The number of carbonyl (C=O) groups excluding carboxylic acids is 2. The predicted octanol–water partition coefficient (Wildman–Crippen LogP) is 7.18. The molecule has 0 spiro atoms. The molecule has 2 rings (SSSR count). The molecule has 0 amide bonds. The first-order valence-electron chi connectivity index (χ1n) is 11.1. The molecule has 0 heterocycles. The molecule has 3 nitrogen and oxygen atoms in total. The highest BCUT2D eigenvalue weighted by molar-refractivity contribution is 5.91. The van der Waals surface area contributed by atoms with Crippen molar-refractivity contribution in [3.8, 4) is 5.75 Å². The average Bonchev–Trinajstić information content (AvgIpc) is 2.76. The summed E-state index contributed by atoms with van der Waals surface area (Å²) in [5, 5.41) is 0. The molecule has 156 valence electrons. The SMILES string of the molecule is CCCCCCCCCCCCc1ccc(OC(=O)c2ccc(C=O)cc2)cc1. The van der Waals surface area contributed by atoms with Crippen LogP contribution in [0, 0.1) is 0 Å². The summed E-state index contributed by atoms with van der Waals surface area (Å²) in [4.78, 5) is 22.8. The van der Waals surface area contributed by atoms with Gasteiger partial charge in [-0.15, -0.1) is 0 Å². The molecule has 0 saturated carbocycles. The van der Waals surface area contributed by atoms with Gasteiger partial charge < -0.3 is 4.74 Å². The highest BCUT2D eigenvalue weighted by Crippen LogP contribution is 2.17. The zero-order chi connectivity index (χ0) is 20.7. The van der Waals surface area contributed by atoms with Crippen molar-refractivity contribution in [2.75, 3.05) is 0 Å². The molecule has 2 aromatic carbocycles. The van der Waals surface area contributed by atoms with Crippen LogP contribution in [0.1, 0.15) is 97.4 Å². The van der Waals surface area contributed by atoms with E-state index in [1.54, 1.807) is 24.3 Å². The lowest BCUT2D eigenvalue weighted by atomic mass is 10.0. The number of hydrogen-bond donors (Lipinski definition) is 0. The molecule has 0 aromatic heterocycles. The number of esters is 1. The third-order valence-electron chi connectivity index (χ3n) is 5.24. The maximum absolute atomic E-state index is 12.2. The van der Waals surface area contributed by atoms with Crippen molar-refractivity contribution in [1.29, 1.82) is 0 Å². The Hall–Kier alpha value is -2.42. The second kappa shape index (κ2) is 13.7. The fraction of sp³-hybridized carbons (Fsp3) is 0.462. The lowest BCUT2D eigenvalue weighted by Gasteiger charge is -2.06. The lowest BCUT2D eigenvalue weighted by molar-refractivity contribution is 0.0734. The van der Waals surface area contributed by atoms with Crippen molar-refractivity contribution >= 4 is 12.3 Å². The minimum absolute atomic E-state index is 0.412. The van der Waals surface area contributed by atoms with Crippen LogP contribution in [0.15, 0.2) is 48.5 Å². The summed E-state index contributed by atoms with van der Waals surface area (Å²) in [6, 6.07) is 14.2. The highest BCUT2D eigenvalue weighted by Gasteiger charge is 2.08. The van der Waals surface area contributed by atoms with Gasteiger partial charge >= 0.3 is 5.97 Å². The van der Waals surface area contributed by atoms with E-state index in [0.29, 0.717) is 16.9 Å².